The van der Waals surface area contributed by atoms with Crippen LogP contribution in [0.3, 0.4) is 0 Å². The van der Waals surface area contributed by atoms with E-state index in [2.05, 4.69) is 31.0 Å². The van der Waals surface area contributed by atoms with Gasteiger partial charge in [0.05, 0.1) is 7.11 Å². The van der Waals surface area contributed by atoms with E-state index >= 15 is 0 Å². The first-order valence-electron chi connectivity index (χ1n) is 5.75. The summed E-state index contributed by atoms with van der Waals surface area (Å²) in [4.78, 5) is 14.7. The molecule has 17 heavy (non-hydrogen) atoms. The highest BCUT2D eigenvalue weighted by Gasteiger charge is 2.14. The lowest BCUT2D eigenvalue weighted by Crippen LogP contribution is -2.00. The topological polar surface area (TPSA) is 42.1 Å². The number of ether oxygens (including phenoxy) is 1. The molecular weight excluding hydrogens is 214 g/mol. The number of methoxy groups -OCH3 is 1. The molecule has 0 unspecified atom stereocenters. The van der Waals surface area contributed by atoms with Crippen LogP contribution in [0, 0.1) is 6.92 Å². The van der Waals surface area contributed by atoms with Crippen LogP contribution < -0.4 is 0 Å². The van der Waals surface area contributed by atoms with Crippen LogP contribution in [0.4, 0.5) is 0 Å². The van der Waals surface area contributed by atoms with E-state index in [9.17, 15) is 4.79 Å². The minimum atomic E-state index is -0.324. The van der Waals surface area contributed by atoms with Crippen molar-refractivity contribution in [1.82, 2.24) is 4.98 Å². The average molecular weight is 231 g/mol. The maximum absolute atomic E-state index is 11.5. The molecule has 0 aliphatic rings. The Morgan fingerprint density at radius 3 is 2.65 bits per heavy atom. The number of carbonyl (C=O) groups excluding carboxylic acids is 1. The molecule has 90 valence electrons. The molecule has 0 radical (unpaired) electrons. The van der Waals surface area contributed by atoms with E-state index in [0.29, 0.717) is 11.6 Å². The average Bonchev–Trinajstić information content (AvgIpc) is 2.73. The first kappa shape index (κ1) is 11.7. The zero-order chi connectivity index (χ0) is 12.6. The lowest BCUT2D eigenvalue weighted by Gasteiger charge is -2.08. The summed E-state index contributed by atoms with van der Waals surface area (Å²) in [6.45, 7) is 6.33. The van der Waals surface area contributed by atoms with Crippen molar-refractivity contribution < 1.29 is 9.53 Å². The summed E-state index contributed by atoms with van der Waals surface area (Å²) in [5, 5.41) is 1.11. The quantitative estimate of drug-likeness (QED) is 0.805. The minimum Gasteiger partial charge on any atom is -0.464 e. The molecule has 1 heterocycles. The highest BCUT2D eigenvalue weighted by molar-refractivity contribution is 5.97. The molecule has 1 aromatic heterocycles. The van der Waals surface area contributed by atoms with E-state index < -0.39 is 0 Å². The molecule has 0 saturated carbocycles. The second-order valence-electron chi connectivity index (χ2n) is 4.59. The molecule has 3 nitrogen and oxygen atoms in total. The lowest BCUT2D eigenvalue weighted by molar-refractivity contribution is 0.0595. The third-order valence-electron chi connectivity index (χ3n) is 3.06. The Morgan fingerprint density at radius 2 is 2.06 bits per heavy atom. The van der Waals surface area contributed by atoms with E-state index in [4.69, 9.17) is 4.74 Å². The van der Waals surface area contributed by atoms with Gasteiger partial charge in [0.25, 0.3) is 0 Å². The Labute approximate surface area is 101 Å². The Morgan fingerprint density at radius 1 is 1.35 bits per heavy atom. The van der Waals surface area contributed by atoms with Crippen LogP contribution in [0.5, 0.6) is 0 Å². The number of esters is 1. The van der Waals surface area contributed by atoms with Gasteiger partial charge in [-0.2, -0.15) is 0 Å². The summed E-state index contributed by atoms with van der Waals surface area (Å²) in [7, 11) is 1.39. The van der Waals surface area contributed by atoms with Gasteiger partial charge in [0.1, 0.15) is 5.69 Å². The largest absolute Gasteiger partial charge is 0.464 e. The van der Waals surface area contributed by atoms with Crippen molar-refractivity contribution in [3.05, 3.63) is 35.0 Å². The molecular formula is C14H17NO2. The Kier molecular flexibility index (Phi) is 2.92. The van der Waals surface area contributed by atoms with Gasteiger partial charge in [-0.05, 0) is 30.0 Å². The number of hydrogen-bond acceptors (Lipinski definition) is 2. The number of hydrogen-bond donors (Lipinski definition) is 1. The van der Waals surface area contributed by atoms with Crippen LogP contribution in [-0.4, -0.2) is 18.1 Å². The van der Waals surface area contributed by atoms with E-state index in [0.717, 1.165) is 16.5 Å². The predicted molar refractivity (Wildman–Crippen MR) is 68.5 cm³/mol. The monoisotopic (exact) mass is 231 g/mol. The fourth-order valence-corrected chi connectivity index (χ4v) is 2.10. The first-order chi connectivity index (χ1) is 8.04. The minimum absolute atomic E-state index is 0.324. The van der Waals surface area contributed by atoms with E-state index in [-0.39, 0.29) is 5.97 Å². The van der Waals surface area contributed by atoms with Crippen molar-refractivity contribution in [1.29, 1.82) is 0 Å². The summed E-state index contributed by atoms with van der Waals surface area (Å²) in [5.74, 6) is 0.106. The summed E-state index contributed by atoms with van der Waals surface area (Å²) >= 11 is 0. The molecule has 0 bridgehead atoms. The third kappa shape index (κ3) is 1.93. The molecule has 0 atom stereocenters. The molecule has 0 spiro atoms. The molecule has 0 amide bonds. The molecule has 0 aliphatic carbocycles. The van der Waals surface area contributed by atoms with Crippen molar-refractivity contribution in [3.8, 4) is 0 Å². The highest BCUT2D eigenvalue weighted by Crippen LogP contribution is 2.28. The van der Waals surface area contributed by atoms with Crippen molar-refractivity contribution >= 4 is 16.9 Å². The third-order valence-corrected chi connectivity index (χ3v) is 3.06. The van der Waals surface area contributed by atoms with Crippen molar-refractivity contribution in [2.24, 2.45) is 0 Å². The van der Waals surface area contributed by atoms with Gasteiger partial charge in [-0.25, -0.2) is 4.79 Å². The summed E-state index contributed by atoms with van der Waals surface area (Å²) in [6, 6.07) is 6.08. The van der Waals surface area contributed by atoms with Gasteiger partial charge in [-0.3, -0.25) is 0 Å². The van der Waals surface area contributed by atoms with Crippen LogP contribution in [-0.2, 0) is 4.74 Å². The van der Waals surface area contributed by atoms with Crippen LogP contribution in [0.1, 0.15) is 41.4 Å². The second-order valence-corrected chi connectivity index (χ2v) is 4.59. The van der Waals surface area contributed by atoms with Gasteiger partial charge >= 0.3 is 5.97 Å². The molecule has 3 heteroatoms. The molecule has 0 saturated heterocycles. The second kappa shape index (κ2) is 4.24. The molecule has 0 aliphatic heterocycles. The highest BCUT2D eigenvalue weighted by atomic mass is 16.5. The number of benzene rings is 1. The Balaban J connectivity index is 2.69. The van der Waals surface area contributed by atoms with Gasteiger partial charge in [-0.15, -0.1) is 0 Å². The van der Waals surface area contributed by atoms with Gasteiger partial charge in [0, 0.05) is 10.9 Å². The van der Waals surface area contributed by atoms with Crippen LogP contribution >= 0.6 is 0 Å². The van der Waals surface area contributed by atoms with Crippen molar-refractivity contribution in [3.63, 3.8) is 0 Å². The van der Waals surface area contributed by atoms with E-state index in [1.54, 1.807) is 0 Å². The molecule has 2 rings (SSSR count). The fraction of sp³-hybridized carbons (Fsp3) is 0.357. The lowest BCUT2D eigenvalue weighted by atomic mass is 9.97. The molecule has 0 fully saturated rings. The number of H-pyrrole nitrogens is 1. The maximum atomic E-state index is 11.5. The predicted octanol–water partition coefficient (Wildman–Crippen LogP) is 3.39. The van der Waals surface area contributed by atoms with Crippen molar-refractivity contribution in [2.75, 3.05) is 7.11 Å². The first-order valence-corrected chi connectivity index (χ1v) is 5.75. The summed E-state index contributed by atoms with van der Waals surface area (Å²) < 4.78 is 4.74. The number of fused-ring (bicyclic) bond motifs is 1. The molecule has 2 aromatic rings. The number of aryl methyl sites for hydroxylation is 1. The van der Waals surface area contributed by atoms with Crippen LogP contribution in [0.25, 0.3) is 10.9 Å². The van der Waals surface area contributed by atoms with Crippen LogP contribution in [0.15, 0.2) is 18.2 Å². The standard InChI is InChI=1S/C14H17NO2/c1-8(2)10-6-5-9(3)13-11(10)7-12(15-13)14(16)17-4/h5-8,15H,1-4H3. The van der Waals surface area contributed by atoms with Gasteiger partial charge in [0.15, 0.2) is 0 Å². The van der Waals surface area contributed by atoms with Gasteiger partial charge in [0.2, 0.25) is 0 Å². The van der Waals surface area contributed by atoms with E-state index in [1.807, 2.05) is 13.0 Å². The van der Waals surface area contributed by atoms with Crippen LogP contribution in [0.2, 0.25) is 0 Å². The number of rotatable bonds is 2. The summed E-state index contributed by atoms with van der Waals surface area (Å²) in [5.41, 5.74) is 3.92. The number of carbonyl (C=O) groups is 1. The zero-order valence-corrected chi connectivity index (χ0v) is 10.6. The summed E-state index contributed by atoms with van der Waals surface area (Å²) in [6.07, 6.45) is 0. The zero-order valence-electron chi connectivity index (χ0n) is 10.6. The maximum Gasteiger partial charge on any atom is 0.354 e. The fourth-order valence-electron chi connectivity index (χ4n) is 2.10. The molecule has 1 aromatic carbocycles. The van der Waals surface area contributed by atoms with E-state index in [1.165, 1.54) is 12.7 Å². The van der Waals surface area contributed by atoms with Crippen molar-refractivity contribution in [2.45, 2.75) is 26.7 Å². The SMILES string of the molecule is COC(=O)c1cc2c(C(C)C)ccc(C)c2[nH]1. The van der Waals surface area contributed by atoms with Gasteiger partial charge in [-0.1, -0.05) is 26.0 Å². The molecule has 1 N–H and O–H groups in total. The smallest absolute Gasteiger partial charge is 0.354 e. The van der Waals surface area contributed by atoms with Gasteiger partial charge < -0.3 is 9.72 Å². The number of nitrogens with one attached hydrogen (secondary N) is 1. The number of aromatic amines is 1. The Bertz CT molecular complexity index is 567. The number of aromatic nitrogens is 1. The normalized spacial score (nSPS) is 11.1. The Hall–Kier alpha value is -1.77.